The fraction of sp³-hybridized carbons (Fsp3) is 0. The van der Waals surface area contributed by atoms with Gasteiger partial charge in [-0.3, -0.25) is 0 Å². The molecule has 0 radical (unpaired) electrons. The van der Waals surface area contributed by atoms with Crippen LogP contribution >= 0.6 is 0 Å². The standard InChI is InChI=1S/C3H6N6.B4H2O7.K.H/c4-1-7-2(5)9-3(6)8-1;5-1-7-3-9-2(6)10-4(8-1)11-3;;/h(H6,4,5,6,7,8,9);5-6H;;. The van der Waals surface area contributed by atoms with E-state index in [0.717, 1.165) is 0 Å². The van der Waals surface area contributed by atoms with Crippen molar-refractivity contribution in [1.29, 1.82) is 0 Å². The third-order valence-electron chi connectivity index (χ3n) is 1.82. The Labute approximate surface area is 162 Å². The zero-order valence-electron chi connectivity index (χ0n) is 9.82. The molecule has 3 rings (SSSR count). The van der Waals surface area contributed by atoms with Gasteiger partial charge < -0.3 is 50.1 Å². The summed E-state index contributed by atoms with van der Waals surface area (Å²) in [6, 6.07) is 0. The average Bonchev–Trinajstić information content (AvgIpc) is 2.24. The van der Waals surface area contributed by atoms with Crippen molar-refractivity contribution in [3.63, 3.8) is 0 Å². The number of nitrogens with zero attached hydrogens (tertiary/aromatic N) is 3. The molecule has 0 amide bonds. The van der Waals surface area contributed by atoms with Crippen LogP contribution in [0.25, 0.3) is 0 Å². The summed E-state index contributed by atoms with van der Waals surface area (Å²) >= 11 is 0. The number of nitrogen functional groups attached to an aromatic ring is 3. The van der Waals surface area contributed by atoms with Crippen LogP contribution < -0.4 is 17.2 Å². The van der Waals surface area contributed by atoms with E-state index in [9.17, 15) is 0 Å². The van der Waals surface area contributed by atoms with Crippen molar-refractivity contribution >= 4 is 98.5 Å². The zero-order valence-corrected chi connectivity index (χ0v) is 9.82. The van der Waals surface area contributed by atoms with Crippen LogP contribution in [-0.2, 0) is 22.9 Å². The molecule has 1 aromatic rings. The molecule has 0 unspecified atom stereocenters. The molecule has 2 aliphatic rings. The Morgan fingerprint density at radius 1 is 0.667 bits per heavy atom. The predicted octanol–water partition coefficient (Wildman–Crippen LogP) is -5.01. The van der Waals surface area contributed by atoms with Crippen molar-refractivity contribution in [2.24, 2.45) is 0 Å². The molecule has 0 spiro atoms. The Hall–Kier alpha value is 0.0261. The second kappa shape index (κ2) is 8.60. The molecule has 0 atom stereocenters. The van der Waals surface area contributed by atoms with Crippen molar-refractivity contribution in [2.75, 3.05) is 17.2 Å². The molecular formula is C3H9B4KN6O7. The van der Waals surface area contributed by atoms with Crippen LogP contribution in [0, 0.1) is 0 Å². The van der Waals surface area contributed by atoms with E-state index in [1.807, 2.05) is 0 Å². The molecule has 1 aromatic heterocycles. The molecule has 18 heteroatoms. The number of fused-ring (bicyclic) bond motifs is 2. The molecule has 0 saturated carbocycles. The molecule has 8 N–H and O–H groups in total. The van der Waals surface area contributed by atoms with Gasteiger partial charge in [-0.2, -0.15) is 15.0 Å². The Bertz CT molecular complexity index is 392. The van der Waals surface area contributed by atoms with E-state index < -0.39 is 29.3 Å². The molecule has 2 aliphatic heterocycles. The number of anilines is 3. The Morgan fingerprint density at radius 3 is 1.24 bits per heavy atom. The predicted molar refractivity (Wildman–Crippen MR) is 73.1 cm³/mol. The number of hydrogen-bond acceptors (Lipinski definition) is 13. The minimum absolute atomic E-state index is 0. The first-order valence-electron chi connectivity index (χ1n) is 5.08. The van der Waals surface area contributed by atoms with Gasteiger partial charge in [0.15, 0.2) is 0 Å². The normalized spacial score (nSPS) is 16.9. The van der Waals surface area contributed by atoms with Gasteiger partial charge in [0.05, 0.1) is 0 Å². The van der Waals surface area contributed by atoms with Crippen molar-refractivity contribution in [2.45, 2.75) is 0 Å². The summed E-state index contributed by atoms with van der Waals surface area (Å²) in [7, 11) is -5.20. The van der Waals surface area contributed by atoms with Gasteiger partial charge in [-0.15, -0.1) is 0 Å². The number of aromatic nitrogens is 3. The number of hydrogen-bond donors (Lipinski definition) is 5. The summed E-state index contributed by atoms with van der Waals surface area (Å²) in [6.45, 7) is 0. The van der Waals surface area contributed by atoms with Gasteiger partial charge in [0.2, 0.25) is 17.8 Å². The fourth-order valence-corrected chi connectivity index (χ4v) is 1.15. The van der Waals surface area contributed by atoms with Gasteiger partial charge in [0, 0.05) is 0 Å². The van der Waals surface area contributed by atoms with Crippen LogP contribution in [0.4, 0.5) is 17.8 Å². The van der Waals surface area contributed by atoms with E-state index in [4.69, 9.17) is 27.2 Å². The van der Waals surface area contributed by atoms with Crippen LogP contribution in [0.15, 0.2) is 0 Å². The number of nitrogens with two attached hydrogens (primary N) is 3. The Kier molecular flexibility index (Phi) is 7.82. The summed E-state index contributed by atoms with van der Waals surface area (Å²) in [5.74, 6) is 0.125. The summed E-state index contributed by atoms with van der Waals surface area (Å²) in [6.07, 6.45) is 0. The molecule has 2 saturated heterocycles. The van der Waals surface area contributed by atoms with E-state index in [0.29, 0.717) is 0 Å². The van der Waals surface area contributed by atoms with Crippen LogP contribution in [0.3, 0.4) is 0 Å². The maximum atomic E-state index is 8.74. The van der Waals surface area contributed by atoms with Crippen molar-refractivity contribution in [3.8, 4) is 0 Å². The summed E-state index contributed by atoms with van der Waals surface area (Å²) < 4.78 is 22.6. The van der Waals surface area contributed by atoms with E-state index in [2.05, 4.69) is 37.8 Å². The molecule has 0 aliphatic carbocycles. The van der Waals surface area contributed by atoms with Crippen LogP contribution in [0.2, 0.25) is 0 Å². The van der Waals surface area contributed by atoms with Gasteiger partial charge in [0.25, 0.3) is 0 Å². The second-order valence-electron chi connectivity index (χ2n) is 3.28. The third-order valence-corrected chi connectivity index (χ3v) is 1.82. The van der Waals surface area contributed by atoms with Crippen molar-refractivity contribution in [3.05, 3.63) is 0 Å². The molecule has 13 nitrogen and oxygen atoms in total. The van der Waals surface area contributed by atoms with Crippen molar-refractivity contribution in [1.82, 2.24) is 15.0 Å². The van der Waals surface area contributed by atoms with Gasteiger partial charge in [-0.25, -0.2) is 0 Å². The monoisotopic (exact) mass is 324 g/mol. The topological polar surface area (TPSA) is 203 Å². The first-order chi connectivity index (χ1) is 9.42. The quantitative estimate of drug-likeness (QED) is 0.284. The molecule has 0 aromatic carbocycles. The Morgan fingerprint density at radius 2 is 0.952 bits per heavy atom. The van der Waals surface area contributed by atoms with E-state index in [1.165, 1.54) is 0 Å². The summed E-state index contributed by atoms with van der Waals surface area (Å²) in [4.78, 5) is 10.5. The van der Waals surface area contributed by atoms with E-state index >= 15 is 0 Å². The minimum atomic E-state index is -1.45. The van der Waals surface area contributed by atoms with Gasteiger partial charge in [-0.1, -0.05) is 0 Å². The summed E-state index contributed by atoms with van der Waals surface area (Å²) in [5, 5.41) is 17.5. The SMILES string of the molecule is Nc1nc(N)nc(N)n1.OB1OB2OB(O)OB(O1)O2.[KH]. The first kappa shape index (κ1) is 19.1. The van der Waals surface area contributed by atoms with Crippen LogP contribution in [-0.4, -0.2) is 106 Å². The maximum absolute atomic E-state index is 8.74. The van der Waals surface area contributed by atoms with Crippen molar-refractivity contribution < 1.29 is 32.9 Å². The van der Waals surface area contributed by atoms with Gasteiger partial charge in [-0.05, 0) is 0 Å². The molecule has 106 valence electrons. The van der Waals surface area contributed by atoms with E-state index in [-0.39, 0.29) is 69.2 Å². The zero-order chi connectivity index (χ0) is 14.7. The second-order valence-corrected chi connectivity index (χ2v) is 3.28. The van der Waals surface area contributed by atoms with E-state index in [1.54, 1.807) is 0 Å². The van der Waals surface area contributed by atoms with Gasteiger partial charge >= 0.3 is 80.7 Å². The van der Waals surface area contributed by atoms with Gasteiger partial charge in [0.1, 0.15) is 0 Å². The summed E-state index contributed by atoms with van der Waals surface area (Å²) in [5.41, 5.74) is 15.4. The number of rotatable bonds is 0. The third kappa shape index (κ3) is 6.34. The first-order valence-corrected chi connectivity index (χ1v) is 5.08. The molecule has 2 fully saturated rings. The Balaban J connectivity index is 0.000000205. The molecular weight excluding hydrogens is 314 g/mol. The molecule has 21 heavy (non-hydrogen) atoms. The average molecular weight is 323 g/mol. The fourth-order valence-electron chi connectivity index (χ4n) is 1.15. The van der Waals surface area contributed by atoms with Crippen LogP contribution in [0.1, 0.15) is 0 Å². The molecule has 2 bridgehead atoms. The molecule has 3 heterocycles. The van der Waals surface area contributed by atoms with Crippen LogP contribution in [0.5, 0.6) is 0 Å².